The summed E-state index contributed by atoms with van der Waals surface area (Å²) in [6.45, 7) is 0.833. The van der Waals surface area contributed by atoms with E-state index in [1.807, 2.05) is 0 Å². The van der Waals surface area contributed by atoms with Crippen LogP contribution < -0.4 is 5.32 Å². The Kier molecular flexibility index (Phi) is 6.02. The molecule has 1 atom stereocenters. The van der Waals surface area contributed by atoms with Crippen LogP contribution in [0.5, 0.6) is 0 Å². The topological polar surface area (TPSA) is 64.6 Å². The van der Waals surface area contributed by atoms with Crippen LogP contribution in [0.2, 0.25) is 5.02 Å². The van der Waals surface area contributed by atoms with E-state index in [1.54, 1.807) is 18.2 Å². The highest BCUT2D eigenvalue weighted by atomic mass is 79.9. The molecule has 1 fully saturated rings. The predicted octanol–water partition coefficient (Wildman–Crippen LogP) is 2.55. The van der Waals surface area contributed by atoms with Crippen molar-refractivity contribution in [1.82, 2.24) is 5.32 Å². The third-order valence-corrected chi connectivity index (χ3v) is 3.86. The van der Waals surface area contributed by atoms with Crippen LogP contribution in [0.3, 0.4) is 0 Å². The number of ether oxygens (including phenoxy) is 2. The van der Waals surface area contributed by atoms with Crippen molar-refractivity contribution >= 4 is 39.4 Å². The first kappa shape index (κ1) is 16.3. The van der Waals surface area contributed by atoms with Gasteiger partial charge >= 0.3 is 5.97 Å². The first-order valence-electron chi connectivity index (χ1n) is 6.57. The number of hydrogen-bond acceptors (Lipinski definition) is 4. The molecule has 1 amide bonds. The molecule has 5 nitrogen and oxygen atoms in total. The highest BCUT2D eigenvalue weighted by molar-refractivity contribution is 9.10. The molecule has 1 aromatic carbocycles. The molecule has 0 bridgehead atoms. The van der Waals surface area contributed by atoms with Gasteiger partial charge in [0.2, 0.25) is 0 Å². The van der Waals surface area contributed by atoms with E-state index < -0.39 is 5.97 Å². The molecule has 0 aromatic heterocycles. The van der Waals surface area contributed by atoms with Crippen LogP contribution in [0.25, 0.3) is 0 Å². The molecule has 0 saturated carbocycles. The third kappa shape index (κ3) is 4.98. The predicted molar refractivity (Wildman–Crippen MR) is 81.4 cm³/mol. The number of rotatable bonds is 5. The molecule has 1 aliphatic rings. The minimum atomic E-state index is -0.631. The van der Waals surface area contributed by atoms with Gasteiger partial charge in [0, 0.05) is 17.6 Å². The van der Waals surface area contributed by atoms with Crippen molar-refractivity contribution in [3.05, 3.63) is 33.3 Å². The van der Waals surface area contributed by atoms with Crippen molar-refractivity contribution in [3.8, 4) is 0 Å². The summed E-state index contributed by atoms with van der Waals surface area (Å²) in [6.07, 6.45) is 2.01. The van der Waals surface area contributed by atoms with Gasteiger partial charge in [-0.3, -0.25) is 4.79 Å². The second kappa shape index (κ2) is 7.77. The van der Waals surface area contributed by atoms with Crippen molar-refractivity contribution in [2.24, 2.45) is 0 Å². The monoisotopic (exact) mass is 375 g/mol. The molecular weight excluding hydrogens is 362 g/mol. The fourth-order valence-electron chi connectivity index (χ4n) is 1.95. The molecular formula is C14H15BrClNO4. The second-order valence-corrected chi connectivity index (χ2v) is 5.96. The van der Waals surface area contributed by atoms with Gasteiger partial charge in [0.1, 0.15) is 0 Å². The number of carbonyl (C=O) groups excluding carboxylic acids is 2. The molecule has 1 aliphatic heterocycles. The Bertz CT molecular complexity index is 532. The van der Waals surface area contributed by atoms with Crippen LogP contribution >= 0.6 is 27.5 Å². The van der Waals surface area contributed by atoms with Gasteiger partial charge in [-0.25, -0.2) is 4.79 Å². The van der Waals surface area contributed by atoms with Gasteiger partial charge in [0.05, 0.1) is 16.7 Å². The second-order valence-electron chi connectivity index (χ2n) is 4.64. The van der Waals surface area contributed by atoms with E-state index in [2.05, 4.69) is 21.2 Å². The SMILES string of the molecule is O=C(COC(=O)c1cc(Br)ccc1Cl)NC[C@@H]1CCCO1. The summed E-state index contributed by atoms with van der Waals surface area (Å²) < 4.78 is 11.0. The lowest BCUT2D eigenvalue weighted by Gasteiger charge is -2.11. The maximum atomic E-state index is 11.9. The van der Waals surface area contributed by atoms with E-state index in [0.717, 1.165) is 19.4 Å². The lowest BCUT2D eigenvalue weighted by Crippen LogP contribution is -2.34. The highest BCUT2D eigenvalue weighted by Gasteiger charge is 2.17. The van der Waals surface area contributed by atoms with Crippen LogP contribution in [0.4, 0.5) is 0 Å². The van der Waals surface area contributed by atoms with Crippen molar-refractivity contribution in [1.29, 1.82) is 0 Å². The van der Waals surface area contributed by atoms with Crippen LogP contribution in [0, 0.1) is 0 Å². The van der Waals surface area contributed by atoms with Gasteiger partial charge in [0.25, 0.3) is 5.91 Å². The summed E-state index contributed by atoms with van der Waals surface area (Å²) in [7, 11) is 0. The third-order valence-electron chi connectivity index (χ3n) is 3.03. The van der Waals surface area contributed by atoms with E-state index in [0.29, 0.717) is 11.0 Å². The summed E-state index contributed by atoms with van der Waals surface area (Å²) >= 11 is 9.16. The minimum Gasteiger partial charge on any atom is -0.452 e. The standard InChI is InChI=1S/C14H15BrClNO4/c15-9-3-4-12(16)11(6-9)14(19)21-8-13(18)17-7-10-2-1-5-20-10/h3-4,6,10H,1-2,5,7-8H2,(H,17,18)/t10-/m0/s1. The van der Waals surface area contributed by atoms with E-state index in [4.69, 9.17) is 21.1 Å². The first-order chi connectivity index (χ1) is 10.1. The lowest BCUT2D eigenvalue weighted by molar-refractivity contribution is -0.124. The molecule has 0 radical (unpaired) electrons. The van der Waals surface area contributed by atoms with Crippen molar-refractivity contribution < 1.29 is 19.1 Å². The van der Waals surface area contributed by atoms with Gasteiger partial charge < -0.3 is 14.8 Å². The molecule has 114 valence electrons. The van der Waals surface area contributed by atoms with Crippen LogP contribution in [-0.2, 0) is 14.3 Å². The smallest absolute Gasteiger partial charge is 0.340 e. The van der Waals surface area contributed by atoms with Crippen molar-refractivity contribution in [3.63, 3.8) is 0 Å². The molecule has 7 heteroatoms. The maximum Gasteiger partial charge on any atom is 0.340 e. The zero-order chi connectivity index (χ0) is 15.2. The van der Waals surface area contributed by atoms with Gasteiger partial charge in [-0.15, -0.1) is 0 Å². The Morgan fingerprint density at radius 3 is 3.00 bits per heavy atom. The summed E-state index contributed by atoms with van der Waals surface area (Å²) in [5.74, 6) is -0.987. The van der Waals surface area contributed by atoms with Gasteiger partial charge in [-0.1, -0.05) is 27.5 Å². The van der Waals surface area contributed by atoms with E-state index in [-0.39, 0.29) is 29.2 Å². The zero-order valence-electron chi connectivity index (χ0n) is 11.2. The Labute approximate surface area is 136 Å². The summed E-state index contributed by atoms with van der Waals surface area (Å²) in [5.41, 5.74) is 0.220. The van der Waals surface area contributed by atoms with Crippen LogP contribution in [0.1, 0.15) is 23.2 Å². The number of hydrogen-bond donors (Lipinski definition) is 1. The summed E-state index contributed by atoms with van der Waals surface area (Å²) in [5, 5.41) is 2.95. The van der Waals surface area contributed by atoms with Crippen LogP contribution in [0.15, 0.2) is 22.7 Å². The number of esters is 1. The molecule has 2 rings (SSSR count). The fourth-order valence-corrected chi connectivity index (χ4v) is 2.50. The van der Waals surface area contributed by atoms with Crippen molar-refractivity contribution in [2.75, 3.05) is 19.8 Å². The average molecular weight is 377 g/mol. The van der Waals surface area contributed by atoms with E-state index in [1.165, 1.54) is 0 Å². The largest absolute Gasteiger partial charge is 0.452 e. The molecule has 1 N–H and O–H groups in total. The molecule has 21 heavy (non-hydrogen) atoms. The maximum absolute atomic E-state index is 11.9. The molecule has 0 aliphatic carbocycles. The summed E-state index contributed by atoms with van der Waals surface area (Å²) in [6, 6.07) is 4.85. The molecule has 1 heterocycles. The number of amides is 1. The van der Waals surface area contributed by atoms with Crippen LogP contribution in [-0.4, -0.2) is 37.7 Å². The summed E-state index contributed by atoms with van der Waals surface area (Å²) in [4.78, 5) is 23.5. The Hall–Kier alpha value is -1.11. The first-order valence-corrected chi connectivity index (χ1v) is 7.74. The van der Waals surface area contributed by atoms with Gasteiger partial charge in [-0.2, -0.15) is 0 Å². The highest BCUT2D eigenvalue weighted by Crippen LogP contribution is 2.21. The van der Waals surface area contributed by atoms with Gasteiger partial charge in [0.15, 0.2) is 6.61 Å². The molecule has 0 unspecified atom stereocenters. The number of benzene rings is 1. The Balaban J connectivity index is 1.77. The lowest BCUT2D eigenvalue weighted by atomic mass is 10.2. The fraction of sp³-hybridized carbons (Fsp3) is 0.429. The van der Waals surface area contributed by atoms with Crippen molar-refractivity contribution in [2.45, 2.75) is 18.9 Å². The normalized spacial score (nSPS) is 17.5. The molecule has 1 saturated heterocycles. The molecule has 1 aromatic rings. The molecule has 0 spiro atoms. The number of halogens is 2. The Morgan fingerprint density at radius 2 is 2.29 bits per heavy atom. The van der Waals surface area contributed by atoms with E-state index in [9.17, 15) is 9.59 Å². The zero-order valence-corrected chi connectivity index (χ0v) is 13.6. The Morgan fingerprint density at radius 1 is 1.48 bits per heavy atom. The average Bonchev–Trinajstić information content (AvgIpc) is 2.98. The number of carbonyl (C=O) groups is 2. The quantitative estimate of drug-likeness (QED) is 0.802. The minimum absolute atomic E-state index is 0.0594. The van der Waals surface area contributed by atoms with Gasteiger partial charge in [-0.05, 0) is 31.0 Å². The number of nitrogens with one attached hydrogen (secondary N) is 1. The van der Waals surface area contributed by atoms with E-state index >= 15 is 0 Å².